The molecule has 2 aromatic rings. The van der Waals surface area contributed by atoms with Crippen LogP contribution in [0.4, 0.5) is 0 Å². The van der Waals surface area contributed by atoms with Crippen LogP contribution in [0.1, 0.15) is 17.3 Å². The molecule has 0 amide bonds. The largest absolute Gasteiger partial charge is 0.330 e. The second-order valence-electron chi connectivity index (χ2n) is 3.78. The van der Waals surface area contributed by atoms with Gasteiger partial charge >= 0.3 is 0 Å². The Balaban J connectivity index is 2.57. The first kappa shape index (κ1) is 11.9. The highest BCUT2D eigenvalue weighted by Crippen LogP contribution is 2.26. The monoisotopic (exact) mass is 289 g/mol. The van der Waals surface area contributed by atoms with Crippen LogP contribution in [0.2, 0.25) is 0 Å². The van der Waals surface area contributed by atoms with Gasteiger partial charge in [-0.1, -0.05) is 34.6 Å². The lowest BCUT2D eigenvalue weighted by Gasteiger charge is -2.01. The van der Waals surface area contributed by atoms with Crippen LogP contribution in [0.25, 0.3) is 17.3 Å². The standard InChI is InChI=1S/C14H12BrNO/c1-3-16-8-13(10(2)17)14(9-16)11-4-6-12(15)7-5-11/h3-9H,1H2,2H3. The molecule has 0 atom stereocenters. The first-order chi connectivity index (χ1) is 8.11. The third-order valence-electron chi connectivity index (χ3n) is 2.59. The van der Waals surface area contributed by atoms with Crippen LogP contribution in [-0.2, 0) is 0 Å². The van der Waals surface area contributed by atoms with E-state index in [0.29, 0.717) is 5.56 Å². The summed E-state index contributed by atoms with van der Waals surface area (Å²) in [5, 5.41) is 0. The number of ketones is 1. The van der Waals surface area contributed by atoms with Crippen molar-refractivity contribution >= 4 is 27.9 Å². The fraction of sp³-hybridized carbons (Fsp3) is 0.0714. The Labute approximate surface area is 109 Å². The summed E-state index contributed by atoms with van der Waals surface area (Å²) in [5.41, 5.74) is 2.68. The number of carbonyl (C=O) groups is 1. The molecule has 1 aromatic heterocycles. The molecule has 86 valence electrons. The van der Waals surface area contributed by atoms with Crippen molar-refractivity contribution in [1.29, 1.82) is 0 Å². The molecule has 1 heterocycles. The van der Waals surface area contributed by atoms with Crippen LogP contribution in [0.3, 0.4) is 0 Å². The first-order valence-corrected chi connectivity index (χ1v) is 6.02. The van der Waals surface area contributed by atoms with Crippen molar-refractivity contribution in [1.82, 2.24) is 4.57 Å². The van der Waals surface area contributed by atoms with E-state index in [4.69, 9.17) is 0 Å². The number of hydrogen-bond acceptors (Lipinski definition) is 1. The smallest absolute Gasteiger partial charge is 0.161 e. The van der Waals surface area contributed by atoms with E-state index in [1.54, 1.807) is 23.9 Å². The fourth-order valence-electron chi connectivity index (χ4n) is 1.72. The molecule has 2 rings (SSSR count). The maximum absolute atomic E-state index is 11.6. The molecule has 17 heavy (non-hydrogen) atoms. The average molecular weight is 290 g/mol. The molecule has 3 heteroatoms. The maximum atomic E-state index is 11.6. The lowest BCUT2D eigenvalue weighted by molar-refractivity contribution is 0.101. The summed E-state index contributed by atoms with van der Waals surface area (Å²) >= 11 is 3.40. The number of aromatic nitrogens is 1. The van der Waals surface area contributed by atoms with E-state index < -0.39 is 0 Å². The Hall–Kier alpha value is -1.61. The predicted octanol–water partition coefficient (Wildman–Crippen LogP) is 4.22. The number of rotatable bonds is 3. The Kier molecular flexibility index (Phi) is 3.29. The Bertz CT molecular complexity index is 566. The number of hydrogen-bond donors (Lipinski definition) is 0. The van der Waals surface area contributed by atoms with Crippen LogP contribution in [0.15, 0.2) is 47.7 Å². The second-order valence-corrected chi connectivity index (χ2v) is 4.69. The molecule has 0 saturated carbocycles. The minimum absolute atomic E-state index is 0.0588. The highest BCUT2D eigenvalue weighted by molar-refractivity contribution is 9.10. The van der Waals surface area contributed by atoms with Crippen LogP contribution >= 0.6 is 15.9 Å². The van der Waals surface area contributed by atoms with Gasteiger partial charge in [-0.2, -0.15) is 0 Å². The molecule has 0 N–H and O–H groups in total. The second kappa shape index (κ2) is 4.72. The molecule has 0 saturated heterocycles. The summed E-state index contributed by atoms with van der Waals surface area (Å²) in [6, 6.07) is 7.90. The quantitative estimate of drug-likeness (QED) is 0.776. The lowest BCUT2D eigenvalue weighted by Crippen LogP contribution is -1.91. The third kappa shape index (κ3) is 2.39. The molecule has 0 unspecified atom stereocenters. The molecular formula is C14H12BrNO. The molecular weight excluding hydrogens is 278 g/mol. The zero-order valence-corrected chi connectivity index (χ0v) is 11.1. The van der Waals surface area contributed by atoms with Gasteiger partial charge in [-0.15, -0.1) is 0 Å². The van der Waals surface area contributed by atoms with Crippen molar-refractivity contribution in [2.75, 3.05) is 0 Å². The summed E-state index contributed by atoms with van der Waals surface area (Å²) in [4.78, 5) is 11.6. The van der Waals surface area contributed by atoms with Gasteiger partial charge in [0.2, 0.25) is 0 Å². The lowest BCUT2D eigenvalue weighted by atomic mass is 10.0. The number of halogens is 1. The van der Waals surface area contributed by atoms with E-state index in [0.717, 1.165) is 15.6 Å². The van der Waals surface area contributed by atoms with Gasteiger partial charge in [0.15, 0.2) is 5.78 Å². The molecule has 0 bridgehead atoms. The molecule has 0 aliphatic heterocycles. The van der Waals surface area contributed by atoms with Crippen LogP contribution < -0.4 is 0 Å². The zero-order chi connectivity index (χ0) is 12.4. The number of Topliss-reactive ketones (excluding diaryl/α,β-unsaturated/α-hetero) is 1. The zero-order valence-electron chi connectivity index (χ0n) is 9.48. The number of carbonyl (C=O) groups excluding carboxylic acids is 1. The molecule has 0 aliphatic rings. The van der Waals surface area contributed by atoms with Crippen molar-refractivity contribution in [2.45, 2.75) is 6.92 Å². The number of benzene rings is 1. The van der Waals surface area contributed by atoms with Gasteiger partial charge in [-0.25, -0.2) is 0 Å². The van der Waals surface area contributed by atoms with Gasteiger partial charge in [0.25, 0.3) is 0 Å². The molecule has 0 aliphatic carbocycles. The van der Waals surface area contributed by atoms with Gasteiger partial charge in [0.05, 0.1) is 0 Å². The van der Waals surface area contributed by atoms with E-state index >= 15 is 0 Å². The predicted molar refractivity (Wildman–Crippen MR) is 74.0 cm³/mol. The minimum atomic E-state index is 0.0588. The van der Waals surface area contributed by atoms with E-state index in [-0.39, 0.29) is 5.78 Å². The molecule has 2 nitrogen and oxygen atoms in total. The van der Waals surface area contributed by atoms with Crippen LogP contribution in [0, 0.1) is 0 Å². The Morgan fingerprint density at radius 3 is 2.47 bits per heavy atom. The summed E-state index contributed by atoms with van der Waals surface area (Å²) in [6.07, 6.45) is 5.38. The third-order valence-corrected chi connectivity index (χ3v) is 3.12. The van der Waals surface area contributed by atoms with E-state index in [1.807, 2.05) is 30.5 Å². The topological polar surface area (TPSA) is 22.0 Å². The Morgan fingerprint density at radius 2 is 1.94 bits per heavy atom. The summed E-state index contributed by atoms with van der Waals surface area (Å²) < 4.78 is 2.82. The van der Waals surface area contributed by atoms with E-state index in [9.17, 15) is 4.79 Å². The van der Waals surface area contributed by atoms with Crippen molar-refractivity contribution in [3.05, 3.63) is 53.3 Å². The van der Waals surface area contributed by atoms with Crippen molar-refractivity contribution in [2.24, 2.45) is 0 Å². The van der Waals surface area contributed by atoms with Gasteiger partial charge in [-0.05, 0) is 24.6 Å². The molecule has 1 aromatic carbocycles. The van der Waals surface area contributed by atoms with E-state index in [2.05, 4.69) is 22.5 Å². The van der Waals surface area contributed by atoms with Gasteiger partial charge in [0.1, 0.15) is 0 Å². The summed E-state index contributed by atoms with van der Waals surface area (Å²) in [5.74, 6) is 0.0588. The van der Waals surface area contributed by atoms with Gasteiger partial charge in [-0.3, -0.25) is 4.79 Å². The first-order valence-electron chi connectivity index (χ1n) is 5.22. The molecule has 0 radical (unpaired) electrons. The van der Waals surface area contributed by atoms with Crippen molar-refractivity contribution in [3.63, 3.8) is 0 Å². The van der Waals surface area contributed by atoms with Crippen LogP contribution in [0.5, 0.6) is 0 Å². The number of nitrogens with zero attached hydrogens (tertiary/aromatic N) is 1. The summed E-state index contributed by atoms with van der Waals surface area (Å²) in [6.45, 7) is 5.27. The van der Waals surface area contributed by atoms with Crippen LogP contribution in [-0.4, -0.2) is 10.4 Å². The van der Waals surface area contributed by atoms with Gasteiger partial charge in [0, 0.05) is 34.2 Å². The van der Waals surface area contributed by atoms with Crippen molar-refractivity contribution < 1.29 is 4.79 Å². The fourth-order valence-corrected chi connectivity index (χ4v) is 1.98. The normalized spacial score (nSPS) is 10.2. The molecule has 0 fully saturated rings. The van der Waals surface area contributed by atoms with Crippen molar-refractivity contribution in [3.8, 4) is 11.1 Å². The SMILES string of the molecule is C=Cn1cc(C(C)=O)c(-c2ccc(Br)cc2)c1. The minimum Gasteiger partial charge on any atom is -0.330 e. The summed E-state index contributed by atoms with van der Waals surface area (Å²) in [7, 11) is 0. The van der Waals surface area contributed by atoms with E-state index in [1.165, 1.54) is 0 Å². The highest BCUT2D eigenvalue weighted by Gasteiger charge is 2.11. The average Bonchev–Trinajstić information content (AvgIpc) is 2.74. The Morgan fingerprint density at radius 1 is 1.29 bits per heavy atom. The van der Waals surface area contributed by atoms with Gasteiger partial charge < -0.3 is 4.57 Å². The molecule has 0 spiro atoms. The highest BCUT2D eigenvalue weighted by atomic mass is 79.9. The maximum Gasteiger partial charge on any atom is 0.161 e.